The average molecular weight is 221 g/mol. The maximum atomic E-state index is 10.2. The van der Waals surface area contributed by atoms with Gasteiger partial charge in [0.25, 0.3) is 0 Å². The van der Waals surface area contributed by atoms with Gasteiger partial charge in [0.05, 0.1) is 12.5 Å². The minimum absolute atomic E-state index is 0.0353. The van der Waals surface area contributed by atoms with E-state index in [4.69, 9.17) is 10.5 Å². The first kappa shape index (κ1) is 13.7. The fourth-order valence-electron chi connectivity index (χ4n) is 0.814. The van der Waals surface area contributed by atoms with E-state index in [0.717, 1.165) is 13.0 Å². The topological polar surface area (TPSA) is 61.6 Å². The monoisotopic (exact) mass is 221 g/mol. The molecule has 0 heterocycles. The first-order valence-corrected chi connectivity index (χ1v) is 5.48. The minimum Gasteiger partial charge on any atom is -0.450 e. The number of rotatable bonds is 7. The van der Waals surface area contributed by atoms with Crippen LogP contribution in [0.4, 0.5) is 4.79 Å². The molecule has 0 saturated heterocycles. The third-order valence-corrected chi connectivity index (χ3v) is 2.20. The van der Waals surface area contributed by atoms with E-state index >= 15 is 0 Å². The maximum absolute atomic E-state index is 10.2. The average Bonchev–Trinajstić information content (AvgIpc) is 2.02. The smallest absolute Gasteiger partial charge is 0.404 e. The first-order chi connectivity index (χ1) is 6.52. The molecular formula is C9H20NO3P. The zero-order valence-corrected chi connectivity index (χ0v) is 10.0. The predicted molar refractivity (Wildman–Crippen MR) is 59.1 cm³/mol. The van der Waals surface area contributed by atoms with Gasteiger partial charge in [-0.05, 0) is 12.3 Å². The Morgan fingerprint density at radius 3 is 2.50 bits per heavy atom. The Kier molecular flexibility index (Phi) is 7.81. The molecule has 84 valence electrons. The van der Waals surface area contributed by atoms with Crippen molar-refractivity contribution < 1.29 is 14.3 Å². The van der Waals surface area contributed by atoms with Crippen molar-refractivity contribution in [2.24, 2.45) is 11.7 Å². The molecule has 0 aromatic heterocycles. The predicted octanol–water partition coefficient (Wildman–Crippen LogP) is 1.74. The van der Waals surface area contributed by atoms with Crippen LogP contribution in [-0.2, 0) is 9.47 Å². The quantitative estimate of drug-likeness (QED) is 0.666. The third kappa shape index (κ3) is 9.75. The highest BCUT2D eigenvalue weighted by atomic mass is 31.0. The molecular weight excluding hydrogens is 201 g/mol. The lowest BCUT2D eigenvalue weighted by atomic mass is 10.1. The molecule has 0 aliphatic heterocycles. The summed E-state index contributed by atoms with van der Waals surface area (Å²) in [6.07, 6.45) is 0.970. The van der Waals surface area contributed by atoms with Gasteiger partial charge >= 0.3 is 6.09 Å². The molecule has 0 saturated carbocycles. The Hall–Kier alpha value is -0.340. The Balaban J connectivity index is 3.27. The fourth-order valence-corrected chi connectivity index (χ4v) is 1.09. The lowest BCUT2D eigenvalue weighted by molar-refractivity contribution is 0.0778. The van der Waals surface area contributed by atoms with Gasteiger partial charge in [0.15, 0.2) is 0 Å². The molecule has 2 N–H and O–H groups in total. The first-order valence-electron chi connectivity index (χ1n) is 4.81. The van der Waals surface area contributed by atoms with Crippen LogP contribution in [-0.4, -0.2) is 25.2 Å². The van der Waals surface area contributed by atoms with Crippen molar-refractivity contribution in [3.63, 3.8) is 0 Å². The third-order valence-electron chi connectivity index (χ3n) is 1.67. The molecule has 0 aromatic carbocycles. The van der Waals surface area contributed by atoms with E-state index in [1.807, 2.05) is 0 Å². The lowest BCUT2D eigenvalue weighted by Gasteiger charge is -2.13. The molecule has 5 heteroatoms. The number of amides is 1. The number of hydrogen-bond acceptors (Lipinski definition) is 3. The molecule has 4 nitrogen and oxygen atoms in total. The van der Waals surface area contributed by atoms with E-state index in [9.17, 15) is 4.79 Å². The second kappa shape index (κ2) is 8.01. The SMILES string of the molecule is CC(C)CCOC(P)CCOC(N)=O. The van der Waals surface area contributed by atoms with Crippen LogP contribution in [0.25, 0.3) is 0 Å². The van der Waals surface area contributed by atoms with Crippen molar-refractivity contribution >= 4 is 15.3 Å². The molecule has 0 aromatic rings. The second-order valence-electron chi connectivity index (χ2n) is 3.55. The largest absolute Gasteiger partial charge is 0.450 e. The van der Waals surface area contributed by atoms with Gasteiger partial charge < -0.3 is 15.2 Å². The van der Waals surface area contributed by atoms with Gasteiger partial charge in [-0.15, -0.1) is 9.24 Å². The summed E-state index contributed by atoms with van der Waals surface area (Å²) in [6.45, 7) is 5.35. The van der Waals surface area contributed by atoms with Crippen LogP contribution in [0, 0.1) is 5.92 Å². The van der Waals surface area contributed by atoms with Crippen LogP contribution in [0.3, 0.4) is 0 Å². The Morgan fingerprint density at radius 2 is 2.00 bits per heavy atom. The van der Waals surface area contributed by atoms with E-state index in [1.54, 1.807) is 0 Å². The minimum atomic E-state index is -0.732. The summed E-state index contributed by atoms with van der Waals surface area (Å²) in [5.74, 6) is 0.683. The number of nitrogens with two attached hydrogens (primary N) is 1. The Labute approximate surface area is 87.7 Å². The second-order valence-corrected chi connectivity index (χ2v) is 4.29. The van der Waals surface area contributed by atoms with Gasteiger partial charge in [-0.1, -0.05) is 13.8 Å². The van der Waals surface area contributed by atoms with Crippen molar-refractivity contribution in [3.8, 4) is 0 Å². The van der Waals surface area contributed by atoms with Crippen molar-refractivity contribution in [3.05, 3.63) is 0 Å². The standard InChI is InChI=1S/C9H20NO3P/c1-7(2)3-5-12-8(14)4-6-13-9(10)11/h7-8H,3-6,14H2,1-2H3,(H2,10,11). The van der Waals surface area contributed by atoms with Crippen LogP contribution in [0.15, 0.2) is 0 Å². The molecule has 0 fully saturated rings. The van der Waals surface area contributed by atoms with E-state index in [0.29, 0.717) is 18.9 Å². The maximum Gasteiger partial charge on any atom is 0.404 e. The zero-order valence-electron chi connectivity index (χ0n) is 8.86. The molecule has 0 spiro atoms. The van der Waals surface area contributed by atoms with Crippen molar-refractivity contribution in [2.75, 3.05) is 13.2 Å². The molecule has 0 bridgehead atoms. The molecule has 14 heavy (non-hydrogen) atoms. The van der Waals surface area contributed by atoms with Crippen molar-refractivity contribution in [2.45, 2.75) is 32.5 Å². The van der Waals surface area contributed by atoms with E-state index < -0.39 is 6.09 Å². The molecule has 1 amide bonds. The van der Waals surface area contributed by atoms with Gasteiger partial charge in [0.1, 0.15) is 0 Å². The summed E-state index contributed by atoms with van der Waals surface area (Å²) in [5.41, 5.74) is 4.81. The number of carbonyl (C=O) groups is 1. The zero-order chi connectivity index (χ0) is 11.0. The molecule has 0 aliphatic carbocycles. The van der Waals surface area contributed by atoms with E-state index in [1.165, 1.54) is 0 Å². The molecule has 2 unspecified atom stereocenters. The summed E-state index contributed by atoms with van der Waals surface area (Å²) in [7, 11) is 2.57. The normalized spacial score (nSPS) is 12.9. The van der Waals surface area contributed by atoms with Crippen LogP contribution in [0.5, 0.6) is 0 Å². The van der Waals surface area contributed by atoms with Gasteiger partial charge in [0.2, 0.25) is 0 Å². The summed E-state index contributed by atoms with van der Waals surface area (Å²) in [6, 6.07) is 0. The van der Waals surface area contributed by atoms with E-state index in [2.05, 4.69) is 27.8 Å². The number of carbonyl (C=O) groups excluding carboxylic acids is 1. The number of ether oxygens (including phenoxy) is 2. The number of primary amides is 1. The van der Waals surface area contributed by atoms with Crippen LogP contribution < -0.4 is 5.73 Å². The molecule has 0 aliphatic rings. The Morgan fingerprint density at radius 1 is 1.36 bits per heavy atom. The summed E-state index contributed by atoms with van der Waals surface area (Å²) in [5, 5.41) is 0. The van der Waals surface area contributed by atoms with Crippen molar-refractivity contribution in [1.82, 2.24) is 0 Å². The Bertz CT molecular complexity index is 164. The highest BCUT2D eigenvalue weighted by Crippen LogP contribution is 2.09. The van der Waals surface area contributed by atoms with Gasteiger partial charge in [-0.25, -0.2) is 4.79 Å². The lowest BCUT2D eigenvalue weighted by Crippen LogP contribution is -2.17. The van der Waals surface area contributed by atoms with Crippen LogP contribution in [0.2, 0.25) is 0 Å². The van der Waals surface area contributed by atoms with Gasteiger partial charge in [-0.2, -0.15) is 0 Å². The molecule has 0 radical (unpaired) electrons. The fraction of sp³-hybridized carbons (Fsp3) is 0.889. The number of hydrogen-bond donors (Lipinski definition) is 1. The summed E-state index contributed by atoms with van der Waals surface area (Å²) >= 11 is 0. The van der Waals surface area contributed by atoms with E-state index in [-0.39, 0.29) is 5.85 Å². The highest BCUT2D eigenvalue weighted by molar-refractivity contribution is 7.17. The molecule has 2 atom stereocenters. The van der Waals surface area contributed by atoms with Gasteiger partial charge in [0, 0.05) is 13.0 Å². The summed E-state index contributed by atoms with van der Waals surface area (Å²) in [4.78, 5) is 10.2. The van der Waals surface area contributed by atoms with Crippen molar-refractivity contribution in [1.29, 1.82) is 0 Å². The molecule has 0 rings (SSSR count). The van der Waals surface area contributed by atoms with Crippen LogP contribution in [0.1, 0.15) is 26.7 Å². The summed E-state index contributed by atoms with van der Waals surface area (Å²) < 4.78 is 10.1. The highest BCUT2D eigenvalue weighted by Gasteiger charge is 2.04. The van der Waals surface area contributed by atoms with Gasteiger partial charge in [-0.3, -0.25) is 0 Å². The van der Waals surface area contributed by atoms with Crippen LogP contribution >= 0.6 is 9.24 Å².